The molecule has 1 aromatic carbocycles. The predicted octanol–water partition coefficient (Wildman–Crippen LogP) is 4.11. The minimum absolute atomic E-state index is 0.350. The number of hydrogen-bond acceptors (Lipinski definition) is 3. The minimum Gasteiger partial charge on any atom is -0.454 e. The zero-order valence-electron chi connectivity index (χ0n) is 13.4. The maximum atomic E-state index is 5.43. The standard InChI is InChI=1S/C18H27NO2/c1-18(2,3)14-5-7-15(8-6-14)19-11-13-4-9-16-17(10-13)21-12-20-16/h4,9-10,14-15,19H,5-8,11-12H2,1-3H3. The van der Waals surface area contributed by atoms with Gasteiger partial charge in [-0.05, 0) is 54.7 Å². The molecule has 116 valence electrons. The Morgan fingerprint density at radius 2 is 1.76 bits per heavy atom. The van der Waals surface area contributed by atoms with Gasteiger partial charge in [0.1, 0.15) is 0 Å². The summed E-state index contributed by atoms with van der Waals surface area (Å²) >= 11 is 0. The van der Waals surface area contributed by atoms with E-state index in [0.717, 1.165) is 24.0 Å². The second-order valence-corrected chi connectivity index (χ2v) is 7.48. The summed E-state index contributed by atoms with van der Waals surface area (Å²) < 4.78 is 10.8. The van der Waals surface area contributed by atoms with Crippen molar-refractivity contribution in [3.63, 3.8) is 0 Å². The second kappa shape index (κ2) is 5.88. The summed E-state index contributed by atoms with van der Waals surface area (Å²) in [4.78, 5) is 0. The van der Waals surface area contributed by atoms with Crippen molar-refractivity contribution in [1.29, 1.82) is 0 Å². The van der Waals surface area contributed by atoms with Gasteiger partial charge in [-0.3, -0.25) is 0 Å². The van der Waals surface area contributed by atoms with Gasteiger partial charge in [0.25, 0.3) is 0 Å². The third-order valence-corrected chi connectivity index (χ3v) is 4.98. The second-order valence-electron chi connectivity index (χ2n) is 7.48. The van der Waals surface area contributed by atoms with Gasteiger partial charge < -0.3 is 14.8 Å². The number of hydrogen-bond donors (Lipinski definition) is 1. The SMILES string of the molecule is CC(C)(C)C1CCC(NCc2ccc3c(c2)OCO3)CC1. The van der Waals surface area contributed by atoms with Crippen molar-refractivity contribution in [3.05, 3.63) is 23.8 Å². The van der Waals surface area contributed by atoms with Crippen molar-refractivity contribution in [2.75, 3.05) is 6.79 Å². The maximum absolute atomic E-state index is 5.43. The summed E-state index contributed by atoms with van der Waals surface area (Å²) in [7, 11) is 0. The minimum atomic E-state index is 0.350. The smallest absolute Gasteiger partial charge is 0.231 e. The van der Waals surface area contributed by atoms with Crippen LogP contribution in [-0.4, -0.2) is 12.8 Å². The van der Waals surface area contributed by atoms with Gasteiger partial charge in [0.15, 0.2) is 11.5 Å². The molecule has 1 aromatic rings. The molecule has 0 saturated heterocycles. The molecule has 1 fully saturated rings. The van der Waals surface area contributed by atoms with Crippen LogP contribution in [0.15, 0.2) is 18.2 Å². The van der Waals surface area contributed by atoms with E-state index in [1.807, 2.05) is 6.07 Å². The Balaban J connectivity index is 1.48. The van der Waals surface area contributed by atoms with Crippen molar-refractivity contribution in [2.45, 2.75) is 59.0 Å². The summed E-state index contributed by atoms with van der Waals surface area (Å²) in [6.45, 7) is 8.39. The topological polar surface area (TPSA) is 30.5 Å². The van der Waals surface area contributed by atoms with E-state index < -0.39 is 0 Å². The van der Waals surface area contributed by atoms with Crippen LogP contribution in [0.25, 0.3) is 0 Å². The van der Waals surface area contributed by atoms with E-state index >= 15 is 0 Å². The molecule has 0 amide bonds. The lowest BCUT2D eigenvalue weighted by Crippen LogP contribution is -2.35. The molecule has 1 N–H and O–H groups in total. The van der Waals surface area contributed by atoms with Gasteiger partial charge in [0, 0.05) is 12.6 Å². The Morgan fingerprint density at radius 1 is 1.05 bits per heavy atom. The van der Waals surface area contributed by atoms with Crippen LogP contribution in [0.3, 0.4) is 0 Å². The Bertz CT molecular complexity index is 484. The molecule has 0 spiro atoms. The Morgan fingerprint density at radius 3 is 2.48 bits per heavy atom. The zero-order valence-corrected chi connectivity index (χ0v) is 13.4. The Labute approximate surface area is 128 Å². The molecule has 1 aliphatic heterocycles. The fourth-order valence-corrected chi connectivity index (χ4v) is 3.48. The van der Waals surface area contributed by atoms with Gasteiger partial charge in [-0.15, -0.1) is 0 Å². The quantitative estimate of drug-likeness (QED) is 0.908. The monoisotopic (exact) mass is 289 g/mol. The molecular weight excluding hydrogens is 262 g/mol. The van der Waals surface area contributed by atoms with Crippen LogP contribution in [0.5, 0.6) is 11.5 Å². The molecule has 1 heterocycles. The van der Waals surface area contributed by atoms with Gasteiger partial charge >= 0.3 is 0 Å². The van der Waals surface area contributed by atoms with E-state index in [1.54, 1.807) is 0 Å². The summed E-state index contributed by atoms with van der Waals surface area (Å²) in [5.41, 5.74) is 1.74. The number of ether oxygens (including phenoxy) is 2. The molecule has 0 bridgehead atoms. The summed E-state index contributed by atoms with van der Waals surface area (Å²) in [5, 5.41) is 3.70. The fraction of sp³-hybridized carbons (Fsp3) is 0.667. The van der Waals surface area contributed by atoms with Gasteiger partial charge in [-0.2, -0.15) is 0 Å². The predicted molar refractivity (Wildman–Crippen MR) is 84.6 cm³/mol. The molecule has 0 unspecified atom stereocenters. The summed E-state index contributed by atoms with van der Waals surface area (Å²) in [6.07, 6.45) is 5.30. The van der Waals surface area contributed by atoms with Crippen molar-refractivity contribution >= 4 is 0 Å². The Kier molecular flexibility index (Phi) is 4.12. The molecule has 1 aliphatic carbocycles. The van der Waals surface area contributed by atoms with Crippen LogP contribution in [0.1, 0.15) is 52.0 Å². The van der Waals surface area contributed by atoms with E-state index in [-0.39, 0.29) is 0 Å². The summed E-state index contributed by atoms with van der Waals surface area (Å²) in [5.74, 6) is 2.62. The first-order chi connectivity index (χ1) is 10.0. The van der Waals surface area contributed by atoms with Crippen LogP contribution < -0.4 is 14.8 Å². The maximum Gasteiger partial charge on any atom is 0.231 e. The number of fused-ring (bicyclic) bond motifs is 1. The lowest BCUT2D eigenvalue weighted by atomic mass is 9.71. The average molecular weight is 289 g/mol. The van der Waals surface area contributed by atoms with E-state index in [9.17, 15) is 0 Å². The molecule has 2 aliphatic rings. The molecule has 0 radical (unpaired) electrons. The van der Waals surface area contributed by atoms with E-state index in [1.165, 1.54) is 31.2 Å². The molecule has 3 heteroatoms. The van der Waals surface area contributed by atoms with Gasteiger partial charge in [0.05, 0.1) is 0 Å². The number of rotatable bonds is 3. The zero-order chi connectivity index (χ0) is 14.9. The van der Waals surface area contributed by atoms with E-state index in [4.69, 9.17) is 9.47 Å². The van der Waals surface area contributed by atoms with E-state index in [2.05, 4.69) is 38.2 Å². The molecule has 3 rings (SSSR count). The van der Waals surface area contributed by atoms with Crippen molar-refractivity contribution in [1.82, 2.24) is 5.32 Å². The number of nitrogens with one attached hydrogen (secondary N) is 1. The van der Waals surface area contributed by atoms with Crippen LogP contribution in [0.2, 0.25) is 0 Å². The normalized spacial score (nSPS) is 25.1. The molecule has 3 nitrogen and oxygen atoms in total. The fourth-order valence-electron chi connectivity index (χ4n) is 3.48. The highest BCUT2D eigenvalue weighted by atomic mass is 16.7. The first kappa shape index (κ1) is 14.7. The molecule has 1 saturated carbocycles. The van der Waals surface area contributed by atoms with Crippen LogP contribution in [-0.2, 0) is 6.54 Å². The molecule has 21 heavy (non-hydrogen) atoms. The Hall–Kier alpha value is -1.22. The highest BCUT2D eigenvalue weighted by Gasteiger charge is 2.29. The largest absolute Gasteiger partial charge is 0.454 e. The number of benzene rings is 1. The third-order valence-electron chi connectivity index (χ3n) is 4.98. The molecule has 0 aromatic heterocycles. The third kappa shape index (κ3) is 3.52. The average Bonchev–Trinajstić information content (AvgIpc) is 2.92. The van der Waals surface area contributed by atoms with Crippen LogP contribution in [0, 0.1) is 11.3 Å². The van der Waals surface area contributed by atoms with Crippen LogP contribution in [0.4, 0.5) is 0 Å². The van der Waals surface area contributed by atoms with E-state index in [0.29, 0.717) is 18.2 Å². The summed E-state index contributed by atoms with van der Waals surface area (Å²) in [6, 6.07) is 6.89. The van der Waals surface area contributed by atoms with Crippen molar-refractivity contribution in [3.8, 4) is 11.5 Å². The lowest BCUT2D eigenvalue weighted by Gasteiger charge is -2.37. The van der Waals surface area contributed by atoms with Crippen molar-refractivity contribution in [2.24, 2.45) is 11.3 Å². The first-order valence-corrected chi connectivity index (χ1v) is 8.14. The molecule has 0 atom stereocenters. The highest BCUT2D eigenvalue weighted by molar-refractivity contribution is 5.44. The van der Waals surface area contributed by atoms with Gasteiger partial charge in [-0.25, -0.2) is 0 Å². The van der Waals surface area contributed by atoms with Gasteiger partial charge in [0.2, 0.25) is 6.79 Å². The molecular formula is C18H27NO2. The lowest BCUT2D eigenvalue weighted by molar-refractivity contribution is 0.160. The van der Waals surface area contributed by atoms with Gasteiger partial charge in [-0.1, -0.05) is 26.8 Å². The highest BCUT2D eigenvalue weighted by Crippen LogP contribution is 2.38. The van der Waals surface area contributed by atoms with Crippen LogP contribution >= 0.6 is 0 Å². The first-order valence-electron chi connectivity index (χ1n) is 8.14. The van der Waals surface area contributed by atoms with Crippen molar-refractivity contribution < 1.29 is 9.47 Å².